The zero-order chi connectivity index (χ0) is 12.1. The predicted octanol–water partition coefficient (Wildman–Crippen LogP) is 3.71. The number of hydrogen-bond acceptors (Lipinski definition) is 3. The molecule has 1 N–H and O–H groups in total. The Balaban J connectivity index is 2.07. The van der Waals surface area contributed by atoms with Crippen LogP contribution in [-0.4, -0.2) is 23.8 Å². The topological polar surface area (TPSA) is 12.0 Å². The molecular weight excluding hydrogens is 246 g/mol. The molecule has 0 radical (unpaired) electrons. The number of hydrogen-bond donors (Lipinski definition) is 1. The van der Waals surface area contributed by atoms with Gasteiger partial charge in [-0.1, -0.05) is 31.2 Å². The van der Waals surface area contributed by atoms with Crippen molar-refractivity contribution in [2.24, 2.45) is 0 Å². The minimum atomic E-state index is 0.544. The second-order valence-corrected chi connectivity index (χ2v) is 6.43. The highest BCUT2D eigenvalue weighted by Crippen LogP contribution is 2.31. The number of rotatable bonds is 5. The summed E-state index contributed by atoms with van der Waals surface area (Å²) in [6.07, 6.45) is 3.40. The first-order valence-electron chi connectivity index (χ1n) is 6.25. The lowest BCUT2D eigenvalue weighted by Gasteiger charge is -2.29. The number of benzene rings is 1. The van der Waals surface area contributed by atoms with E-state index in [9.17, 15) is 0 Å². The second-order valence-electron chi connectivity index (χ2n) is 4.49. The maximum atomic E-state index is 3.82. The molecule has 1 aromatic carbocycles. The van der Waals surface area contributed by atoms with Crippen molar-refractivity contribution in [3.8, 4) is 0 Å². The van der Waals surface area contributed by atoms with Crippen molar-refractivity contribution < 1.29 is 0 Å². The molecule has 1 heterocycles. The molecule has 2 unspecified atom stereocenters. The lowest BCUT2D eigenvalue weighted by atomic mass is 10.0. The Kier molecular flexibility index (Phi) is 5.26. The van der Waals surface area contributed by atoms with Crippen molar-refractivity contribution >= 4 is 23.5 Å². The molecule has 1 aliphatic rings. The fourth-order valence-electron chi connectivity index (χ4n) is 2.29. The fourth-order valence-corrected chi connectivity index (χ4v) is 4.14. The number of fused-ring (bicyclic) bond motifs is 1. The standard InChI is InChI=1S/C14H21NS2/c1-3-12(9-16-2)15-14-10-17-8-11-6-4-5-7-13(11)14/h4-7,12,14-15H,3,8-10H2,1-2H3. The van der Waals surface area contributed by atoms with Crippen LogP contribution in [0.25, 0.3) is 0 Å². The van der Waals surface area contributed by atoms with Gasteiger partial charge in [-0.25, -0.2) is 0 Å². The fraction of sp³-hybridized carbons (Fsp3) is 0.571. The Labute approximate surface area is 113 Å². The molecule has 0 saturated carbocycles. The van der Waals surface area contributed by atoms with Crippen LogP contribution < -0.4 is 5.32 Å². The molecule has 0 fully saturated rings. The Morgan fingerprint density at radius 2 is 2.29 bits per heavy atom. The first kappa shape index (κ1) is 13.3. The average Bonchev–Trinajstić information content (AvgIpc) is 2.38. The third-order valence-electron chi connectivity index (χ3n) is 3.27. The number of nitrogens with one attached hydrogen (secondary N) is 1. The van der Waals surface area contributed by atoms with Crippen LogP contribution >= 0.6 is 23.5 Å². The van der Waals surface area contributed by atoms with Gasteiger partial charge in [0.05, 0.1) is 0 Å². The van der Waals surface area contributed by atoms with Crippen molar-refractivity contribution in [1.82, 2.24) is 5.32 Å². The maximum Gasteiger partial charge on any atom is 0.0417 e. The van der Waals surface area contributed by atoms with Crippen molar-refractivity contribution in [2.45, 2.75) is 31.2 Å². The van der Waals surface area contributed by atoms with E-state index in [1.165, 1.54) is 34.8 Å². The molecule has 94 valence electrons. The maximum absolute atomic E-state index is 3.82. The Morgan fingerprint density at radius 3 is 3.06 bits per heavy atom. The van der Waals surface area contributed by atoms with E-state index >= 15 is 0 Å². The zero-order valence-electron chi connectivity index (χ0n) is 10.6. The quantitative estimate of drug-likeness (QED) is 0.873. The minimum absolute atomic E-state index is 0.544. The van der Waals surface area contributed by atoms with Gasteiger partial charge in [0.25, 0.3) is 0 Å². The van der Waals surface area contributed by atoms with E-state index in [-0.39, 0.29) is 0 Å². The summed E-state index contributed by atoms with van der Waals surface area (Å²) < 4.78 is 0. The molecule has 0 aromatic heterocycles. The lowest BCUT2D eigenvalue weighted by Crippen LogP contribution is -2.36. The predicted molar refractivity (Wildman–Crippen MR) is 80.9 cm³/mol. The van der Waals surface area contributed by atoms with Gasteiger partial charge >= 0.3 is 0 Å². The molecule has 0 bridgehead atoms. The van der Waals surface area contributed by atoms with Gasteiger partial charge in [0.2, 0.25) is 0 Å². The summed E-state index contributed by atoms with van der Waals surface area (Å²) in [4.78, 5) is 0. The van der Waals surface area contributed by atoms with Crippen LogP contribution in [0.1, 0.15) is 30.5 Å². The summed E-state index contributed by atoms with van der Waals surface area (Å²) in [5, 5.41) is 3.82. The summed E-state index contributed by atoms with van der Waals surface area (Å²) in [5.74, 6) is 3.59. The van der Waals surface area contributed by atoms with E-state index in [0.717, 1.165) is 0 Å². The molecule has 2 rings (SSSR count). The van der Waals surface area contributed by atoms with Crippen LogP contribution in [0.3, 0.4) is 0 Å². The van der Waals surface area contributed by atoms with Gasteiger partial charge in [0.15, 0.2) is 0 Å². The van der Waals surface area contributed by atoms with Crippen LogP contribution in [-0.2, 0) is 5.75 Å². The first-order valence-corrected chi connectivity index (χ1v) is 8.80. The largest absolute Gasteiger partial charge is 0.306 e. The van der Waals surface area contributed by atoms with E-state index in [4.69, 9.17) is 0 Å². The van der Waals surface area contributed by atoms with Crippen molar-refractivity contribution in [3.05, 3.63) is 35.4 Å². The normalized spacial score (nSPS) is 20.9. The monoisotopic (exact) mass is 267 g/mol. The molecule has 3 heteroatoms. The van der Waals surface area contributed by atoms with Crippen LogP contribution in [0.2, 0.25) is 0 Å². The third-order valence-corrected chi connectivity index (χ3v) is 5.09. The van der Waals surface area contributed by atoms with Crippen LogP contribution in [0, 0.1) is 0 Å². The van der Waals surface area contributed by atoms with Gasteiger partial charge in [-0.2, -0.15) is 23.5 Å². The molecule has 0 aliphatic carbocycles. The zero-order valence-corrected chi connectivity index (χ0v) is 12.2. The van der Waals surface area contributed by atoms with E-state index in [0.29, 0.717) is 12.1 Å². The summed E-state index contributed by atoms with van der Waals surface area (Å²) in [5.41, 5.74) is 3.03. The SMILES string of the molecule is CCC(CSC)NC1CSCc2ccccc21. The van der Waals surface area contributed by atoms with Gasteiger partial charge in [-0.3, -0.25) is 0 Å². The van der Waals surface area contributed by atoms with Gasteiger partial charge in [0, 0.05) is 29.3 Å². The van der Waals surface area contributed by atoms with Crippen molar-refractivity contribution in [1.29, 1.82) is 0 Å². The molecule has 0 spiro atoms. The summed E-state index contributed by atoms with van der Waals surface area (Å²) in [6, 6.07) is 10.1. The van der Waals surface area contributed by atoms with Gasteiger partial charge < -0.3 is 5.32 Å². The highest BCUT2D eigenvalue weighted by molar-refractivity contribution is 7.98. The lowest BCUT2D eigenvalue weighted by molar-refractivity contribution is 0.476. The van der Waals surface area contributed by atoms with E-state index in [1.807, 2.05) is 23.5 Å². The van der Waals surface area contributed by atoms with Gasteiger partial charge in [-0.05, 0) is 23.8 Å². The second kappa shape index (κ2) is 6.72. The molecule has 17 heavy (non-hydrogen) atoms. The van der Waals surface area contributed by atoms with E-state index in [1.54, 1.807) is 0 Å². The summed E-state index contributed by atoms with van der Waals surface area (Å²) in [6.45, 7) is 2.27. The van der Waals surface area contributed by atoms with Crippen LogP contribution in [0.15, 0.2) is 24.3 Å². The smallest absolute Gasteiger partial charge is 0.0417 e. The molecule has 2 atom stereocenters. The highest BCUT2D eigenvalue weighted by Gasteiger charge is 2.21. The summed E-state index contributed by atoms with van der Waals surface area (Å²) >= 11 is 3.98. The Bertz CT molecular complexity index is 354. The molecular formula is C14H21NS2. The van der Waals surface area contributed by atoms with E-state index < -0.39 is 0 Å². The van der Waals surface area contributed by atoms with E-state index in [2.05, 4.69) is 42.8 Å². The first-order chi connectivity index (χ1) is 8.35. The third kappa shape index (κ3) is 3.43. The minimum Gasteiger partial charge on any atom is -0.306 e. The average molecular weight is 267 g/mol. The summed E-state index contributed by atoms with van der Waals surface area (Å²) in [7, 11) is 0. The van der Waals surface area contributed by atoms with Crippen LogP contribution in [0.5, 0.6) is 0 Å². The Morgan fingerprint density at radius 1 is 1.47 bits per heavy atom. The highest BCUT2D eigenvalue weighted by atomic mass is 32.2. The molecule has 0 amide bonds. The molecule has 1 nitrogen and oxygen atoms in total. The van der Waals surface area contributed by atoms with Gasteiger partial charge in [0.1, 0.15) is 0 Å². The molecule has 1 aliphatic heterocycles. The van der Waals surface area contributed by atoms with Gasteiger partial charge in [-0.15, -0.1) is 0 Å². The molecule has 0 saturated heterocycles. The van der Waals surface area contributed by atoms with Crippen molar-refractivity contribution in [2.75, 3.05) is 17.8 Å². The van der Waals surface area contributed by atoms with Crippen molar-refractivity contribution in [3.63, 3.8) is 0 Å². The Hall–Kier alpha value is -0.120. The van der Waals surface area contributed by atoms with Crippen LogP contribution in [0.4, 0.5) is 0 Å². The molecule has 1 aromatic rings. The number of thioether (sulfide) groups is 2.